The largest absolute Gasteiger partial charge is 0.345 e. The second kappa shape index (κ2) is 8.26. The number of nitrogens with zero attached hydrogens (tertiary/aromatic N) is 3. The molecule has 0 fully saturated rings. The van der Waals surface area contributed by atoms with E-state index in [-0.39, 0.29) is 5.91 Å². The van der Waals surface area contributed by atoms with Crippen LogP contribution in [0.15, 0.2) is 52.9 Å². The zero-order valence-corrected chi connectivity index (χ0v) is 17.5. The van der Waals surface area contributed by atoms with Crippen molar-refractivity contribution < 1.29 is 4.79 Å². The van der Waals surface area contributed by atoms with Crippen molar-refractivity contribution in [2.24, 2.45) is 7.05 Å². The number of nitrogens with one attached hydrogen (secondary N) is 2. The zero-order chi connectivity index (χ0) is 19.5. The number of rotatable bonds is 6. The second-order valence-corrected chi connectivity index (χ2v) is 8.76. The molecular weight excluding hydrogens is 410 g/mol. The van der Waals surface area contributed by atoms with E-state index in [9.17, 15) is 4.79 Å². The number of benzene rings is 2. The van der Waals surface area contributed by atoms with Gasteiger partial charge in [-0.25, -0.2) is 4.98 Å². The van der Waals surface area contributed by atoms with Crippen molar-refractivity contribution in [3.63, 3.8) is 0 Å². The van der Waals surface area contributed by atoms with E-state index in [1.165, 1.54) is 4.70 Å². The Labute approximate surface area is 175 Å². The van der Waals surface area contributed by atoms with E-state index in [0.29, 0.717) is 22.7 Å². The highest BCUT2D eigenvalue weighted by Crippen LogP contribution is 2.31. The number of carbonyl (C=O) groups excluding carboxylic acids is 1. The first-order valence-electron chi connectivity index (χ1n) is 8.56. The van der Waals surface area contributed by atoms with Crippen LogP contribution in [-0.4, -0.2) is 25.7 Å². The van der Waals surface area contributed by atoms with Crippen LogP contribution in [0.5, 0.6) is 0 Å². The highest BCUT2D eigenvalue weighted by Gasteiger charge is 2.09. The molecule has 4 aromatic rings. The smallest absolute Gasteiger partial charge is 0.251 e. The van der Waals surface area contributed by atoms with Crippen LogP contribution in [0.25, 0.3) is 10.2 Å². The average molecular weight is 428 g/mol. The van der Waals surface area contributed by atoms with Gasteiger partial charge in [0.15, 0.2) is 14.9 Å². The SMILES string of the molecule is Cn1c(CNC(=O)c2ccc(CSc3nc4ccccc4s3)cc2)n[nH]c1=S. The first kappa shape index (κ1) is 18.9. The predicted molar refractivity (Wildman–Crippen MR) is 115 cm³/mol. The number of hydrogen-bond donors (Lipinski definition) is 2. The molecule has 0 aliphatic carbocycles. The van der Waals surface area contributed by atoms with E-state index in [1.807, 2.05) is 49.5 Å². The first-order valence-corrected chi connectivity index (χ1v) is 10.8. The van der Waals surface area contributed by atoms with Crippen molar-refractivity contribution in [1.82, 2.24) is 25.1 Å². The third-order valence-electron chi connectivity index (χ3n) is 4.23. The minimum Gasteiger partial charge on any atom is -0.345 e. The summed E-state index contributed by atoms with van der Waals surface area (Å²) in [6.07, 6.45) is 0. The van der Waals surface area contributed by atoms with E-state index in [4.69, 9.17) is 12.2 Å². The van der Waals surface area contributed by atoms with Crippen LogP contribution in [0.4, 0.5) is 0 Å². The van der Waals surface area contributed by atoms with Gasteiger partial charge in [-0.05, 0) is 42.0 Å². The van der Waals surface area contributed by atoms with E-state index in [1.54, 1.807) is 27.7 Å². The normalized spacial score (nSPS) is 11.0. The van der Waals surface area contributed by atoms with E-state index < -0.39 is 0 Å². The molecule has 0 radical (unpaired) electrons. The molecule has 2 heterocycles. The summed E-state index contributed by atoms with van der Waals surface area (Å²) < 4.78 is 4.51. The number of thioether (sulfide) groups is 1. The van der Waals surface area contributed by atoms with Crippen molar-refractivity contribution >= 4 is 51.4 Å². The zero-order valence-electron chi connectivity index (χ0n) is 15.0. The molecule has 6 nitrogen and oxygen atoms in total. The Hall–Kier alpha value is -2.49. The molecule has 0 bridgehead atoms. The van der Waals surface area contributed by atoms with Gasteiger partial charge in [-0.3, -0.25) is 9.89 Å². The maximum atomic E-state index is 12.3. The van der Waals surface area contributed by atoms with E-state index in [0.717, 1.165) is 21.2 Å². The number of thiazole rings is 1. The van der Waals surface area contributed by atoms with Gasteiger partial charge in [0.25, 0.3) is 5.91 Å². The minimum atomic E-state index is -0.140. The summed E-state index contributed by atoms with van der Waals surface area (Å²) >= 11 is 8.48. The topological polar surface area (TPSA) is 75.6 Å². The highest BCUT2D eigenvalue weighted by atomic mass is 32.2. The summed E-state index contributed by atoms with van der Waals surface area (Å²) in [6.45, 7) is 0.317. The Kier molecular flexibility index (Phi) is 5.56. The lowest BCUT2D eigenvalue weighted by atomic mass is 10.1. The number of fused-ring (bicyclic) bond motifs is 1. The molecule has 0 unspecified atom stereocenters. The van der Waals surface area contributed by atoms with Crippen molar-refractivity contribution in [2.75, 3.05) is 0 Å². The summed E-state index contributed by atoms with van der Waals surface area (Å²) in [5.41, 5.74) is 2.80. The van der Waals surface area contributed by atoms with Gasteiger partial charge >= 0.3 is 0 Å². The quantitative estimate of drug-likeness (QED) is 0.354. The number of aromatic nitrogens is 4. The lowest BCUT2D eigenvalue weighted by molar-refractivity contribution is 0.0949. The second-order valence-electron chi connectivity index (χ2n) is 6.12. The van der Waals surface area contributed by atoms with Gasteiger partial charge in [-0.2, -0.15) is 5.10 Å². The predicted octanol–water partition coefficient (Wildman–Crippen LogP) is 4.31. The van der Waals surface area contributed by atoms with E-state index in [2.05, 4.69) is 26.6 Å². The highest BCUT2D eigenvalue weighted by molar-refractivity contribution is 8.00. The summed E-state index contributed by atoms with van der Waals surface area (Å²) in [5.74, 6) is 1.35. The lowest BCUT2D eigenvalue weighted by Gasteiger charge is -2.06. The minimum absolute atomic E-state index is 0.140. The van der Waals surface area contributed by atoms with Crippen molar-refractivity contribution in [3.05, 3.63) is 70.3 Å². The molecule has 4 rings (SSSR count). The number of amides is 1. The number of carbonyl (C=O) groups is 1. The van der Waals surface area contributed by atoms with Crippen molar-refractivity contribution in [2.45, 2.75) is 16.6 Å². The van der Waals surface area contributed by atoms with Gasteiger partial charge in [-0.1, -0.05) is 36.0 Å². The molecule has 2 N–H and O–H groups in total. The number of para-hydroxylation sites is 1. The number of hydrogen-bond acceptors (Lipinski definition) is 6. The Morgan fingerprint density at radius 3 is 2.75 bits per heavy atom. The fraction of sp³-hybridized carbons (Fsp3) is 0.158. The lowest BCUT2D eigenvalue weighted by Crippen LogP contribution is -2.24. The summed E-state index contributed by atoms with van der Waals surface area (Å²) in [4.78, 5) is 17.0. The van der Waals surface area contributed by atoms with Crippen LogP contribution >= 0.6 is 35.3 Å². The Morgan fingerprint density at radius 2 is 2.04 bits per heavy atom. The molecule has 0 saturated carbocycles. The fourth-order valence-electron chi connectivity index (χ4n) is 2.61. The number of aromatic amines is 1. The van der Waals surface area contributed by atoms with Gasteiger partial charge < -0.3 is 9.88 Å². The van der Waals surface area contributed by atoms with Gasteiger partial charge in [0.2, 0.25) is 0 Å². The van der Waals surface area contributed by atoms with Gasteiger partial charge in [0.1, 0.15) is 0 Å². The molecule has 0 atom stereocenters. The average Bonchev–Trinajstić information content (AvgIpc) is 3.28. The van der Waals surface area contributed by atoms with E-state index >= 15 is 0 Å². The van der Waals surface area contributed by atoms with Crippen LogP contribution < -0.4 is 5.32 Å². The van der Waals surface area contributed by atoms with Crippen molar-refractivity contribution in [3.8, 4) is 0 Å². The van der Waals surface area contributed by atoms with Crippen LogP contribution in [0, 0.1) is 4.77 Å². The molecule has 28 heavy (non-hydrogen) atoms. The van der Waals surface area contributed by atoms with Crippen LogP contribution in [-0.2, 0) is 19.3 Å². The Bertz CT molecular complexity index is 1140. The molecule has 2 aromatic heterocycles. The van der Waals surface area contributed by atoms with Crippen LogP contribution in [0.2, 0.25) is 0 Å². The molecule has 9 heteroatoms. The molecule has 0 aliphatic rings. The van der Waals surface area contributed by atoms with Gasteiger partial charge in [-0.15, -0.1) is 11.3 Å². The summed E-state index contributed by atoms with van der Waals surface area (Å²) in [7, 11) is 1.81. The summed E-state index contributed by atoms with van der Waals surface area (Å²) in [6, 6.07) is 15.8. The molecule has 1 amide bonds. The maximum absolute atomic E-state index is 12.3. The van der Waals surface area contributed by atoms with Crippen molar-refractivity contribution in [1.29, 1.82) is 0 Å². The first-order chi connectivity index (χ1) is 13.6. The third-order valence-corrected chi connectivity index (χ3v) is 6.85. The molecular formula is C19H17N5OS3. The molecule has 142 valence electrons. The Balaban J connectivity index is 1.34. The van der Waals surface area contributed by atoms with Gasteiger partial charge in [0, 0.05) is 18.4 Å². The van der Waals surface area contributed by atoms with Crippen LogP contribution in [0.1, 0.15) is 21.7 Å². The summed E-state index contributed by atoms with van der Waals surface area (Å²) in [5, 5.41) is 9.65. The molecule has 0 spiro atoms. The van der Waals surface area contributed by atoms with Gasteiger partial charge in [0.05, 0.1) is 16.8 Å². The monoisotopic (exact) mass is 427 g/mol. The standard InChI is InChI=1S/C19H17N5OS3/c1-24-16(22-23-18(24)26)10-20-17(25)13-8-6-12(7-9-13)11-27-19-21-14-4-2-3-5-15(14)28-19/h2-9H,10-11H2,1H3,(H,20,25)(H,23,26). The number of H-pyrrole nitrogens is 1. The molecule has 2 aromatic carbocycles. The fourth-order valence-corrected chi connectivity index (χ4v) is 4.78. The van der Waals surface area contributed by atoms with Crippen LogP contribution in [0.3, 0.4) is 0 Å². The Morgan fingerprint density at radius 1 is 1.25 bits per heavy atom. The maximum Gasteiger partial charge on any atom is 0.251 e. The molecule has 0 saturated heterocycles. The molecule has 0 aliphatic heterocycles. The third kappa shape index (κ3) is 4.16.